The molecule has 1 N–H and O–H groups in total. The molecule has 0 aromatic heterocycles. The highest BCUT2D eigenvalue weighted by atomic mass is 16.5. The summed E-state index contributed by atoms with van der Waals surface area (Å²) in [6.45, 7) is 4.02. The number of hydrogen-bond acceptors (Lipinski definition) is 5. The third kappa shape index (κ3) is 6.10. The first-order valence-corrected chi connectivity index (χ1v) is 12.1. The quantitative estimate of drug-likeness (QED) is 0.422. The van der Waals surface area contributed by atoms with E-state index in [-0.39, 0.29) is 43.3 Å². The van der Waals surface area contributed by atoms with Crippen LogP contribution in [0.15, 0.2) is 72.8 Å². The van der Waals surface area contributed by atoms with Crippen LogP contribution >= 0.6 is 0 Å². The summed E-state index contributed by atoms with van der Waals surface area (Å²) in [4.78, 5) is 39.5. The molecule has 3 aromatic carbocycles. The van der Waals surface area contributed by atoms with Crippen LogP contribution in [0, 0.1) is 6.92 Å². The van der Waals surface area contributed by atoms with Crippen molar-refractivity contribution in [1.82, 2.24) is 5.32 Å². The number of carbonyl (C=O) groups is 3. The van der Waals surface area contributed by atoms with Gasteiger partial charge >= 0.3 is 0 Å². The molecule has 0 radical (unpaired) electrons. The minimum absolute atomic E-state index is 0.0755. The van der Waals surface area contributed by atoms with Crippen molar-refractivity contribution < 1.29 is 23.9 Å². The van der Waals surface area contributed by atoms with Crippen LogP contribution in [0.25, 0.3) is 0 Å². The van der Waals surface area contributed by atoms with Gasteiger partial charge in [0.1, 0.15) is 11.5 Å². The minimum Gasteiger partial charge on any atom is -0.485 e. The summed E-state index contributed by atoms with van der Waals surface area (Å²) in [5, 5.41) is 2.99. The summed E-state index contributed by atoms with van der Waals surface area (Å²) in [5.41, 5.74) is 2.95. The summed E-state index contributed by atoms with van der Waals surface area (Å²) in [6, 6.07) is 22.2. The topological polar surface area (TPSA) is 84.9 Å². The standard InChI is InChI=1S/C29H30N2O5/c1-20-9-6-7-12-26(20)35-18-25(32)23-14-15-27-24(17-23)31(29(34)19-36-27)16-8-13-28(33)30-21(2)22-10-4-3-5-11-22/h3-7,9-12,14-15,17,21H,8,13,16,18-19H2,1-2H3,(H,30,33). The molecule has 1 aliphatic rings. The average Bonchev–Trinajstić information content (AvgIpc) is 2.89. The monoisotopic (exact) mass is 486 g/mol. The molecule has 1 atom stereocenters. The lowest BCUT2D eigenvalue weighted by atomic mass is 10.1. The Hall–Kier alpha value is -4.13. The molecule has 7 nitrogen and oxygen atoms in total. The largest absolute Gasteiger partial charge is 0.485 e. The summed E-state index contributed by atoms with van der Waals surface area (Å²) in [6.07, 6.45) is 0.757. The maximum absolute atomic E-state index is 12.8. The van der Waals surface area contributed by atoms with Crippen LogP contribution in [-0.2, 0) is 9.59 Å². The number of rotatable bonds is 10. The Balaban J connectivity index is 1.36. The van der Waals surface area contributed by atoms with E-state index in [1.54, 1.807) is 23.1 Å². The van der Waals surface area contributed by atoms with Gasteiger partial charge in [-0.05, 0) is 55.7 Å². The number of nitrogens with zero attached hydrogens (tertiary/aromatic N) is 1. The second-order valence-electron chi connectivity index (χ2n) is 8.80. The molecular formula is C29H30N2O5. The van der Waals surface area contributed by atoms with Gasteiger partial charge in [-0.2, -0.15) is 0 Å². The van der Waals surface area contributed by atoms with Crippen molar-refractivity contribution >= 4 is 23.3 Å². The first-order valence-electron chi connectivity index (χ1n) is 12.1. The number of Topliss-reactive ketones (excluding diaryl/α,β-unsaturated/α-hetero) is 1. The maximum Gasteiger partial charge on any atom is 0.265 e. The molecule has 0 aliphatic carbocycles. The molecule has 3 aromatic rings. The van der Waals surface area contributed by atoms with E-state index in [0.29, 0.717) is 35.7 Å². The van der Waals surface area contributed by atoms with Gasteiger partial charge < -0.3 is 19.7 Å². The number of ether oxygens (including phenoxy) is 2. The van der Waals surface area contributed by atoms with Gasteiger partial charge in [-0.3, -0.25) is 14.4 Å². The highest BCUT2D eigenvalue weighted by Crippen LogP contribution is 2.33. The maximum atomic E-state index is 12.8. The first kappa shape index (κ1) is 25.0. The van der Waals surface area contributed by atoms with E-state index in [0.717, 1.165) is 11.1 Å². The zero-order chi connectivity index (χ0) is 25.5. The number of carbonyl (C=O) groups excluding carboxylic acids is 3. The highest BCUT2D eigenvalue weighted by Gasteiger charge is 2.26. The molecule has 0 saturated carbocycles. The molecule has 0 fully saturated rings. The van der Waals surface area contributed by atoms with Crippen molar-refractivity contribution in [2.24, 2.45) is 0 Å². The number of fused-ring (bicyclic) bond motifs is 1. The van der Waals surface area contributed by atoms with Gasteiger partial charge in [0, 0.05) is 18.5 Å². The predicted molar refractivity (Wildman–Crippen MR) is 138 cm³/mol. The molecular weight excluding hydrogens is 456 g/mol. The number of para-hydroxylation sites is 1. The molecule has 0 bridgehead atoms. The molecule has 0 saturated heterocycles. The Morgan fingerprint density at radius 3 is 2.58 bits per heavy atom. The van der Waals surface area contributed by atoms with Crippen molar-refractivity contribution in [3.8, 4) is 11.5 Å². The number of aryl methyl sites for hydroxylation is 1. The predicted octanol–water partition coefficient (Wildman–Crippen LogP) is 4.64. The second-order valence-corrected chi connectivity index (χ2v) is 8.80. The van der Waals surface area contributed by atoms with Crippen LogP contribution in [-0.4, -0.2) is 37.4 Å². The highest BCUT2D eigenvalue weighted by molar-refractivity contribution is 6.02. The second kappa shape index (κ2) is 11.5. The van der Waals surface area contributed by atoms with Crippen molar-refractivity contribution in [3.05, 3.63) is 89.5 Å². The van der Waals surface area contributed by atoms with E-state index < -0.39 is 0 Å². The fourth-order valence-electron chi connectivity index (χ4n) is 4.10. The Labute approximate surface area is 211 Å². The van der Waals surface area contributed by atoms with E-state index in [2.05, 4.69) is 5.32 Å². The normalized spacial score (nSPS) is 13.4. The molecule has 7 heteroatoms. The Morgan fingerprint density at radius 2 is 1.81 bits per heavy atom. The Kier molecular flexibility index (Phi) is 8.00. The summed E-state index contributed by atoms with van der Waals surface area (Å²) in [5.74, 6) is 0.705. The summed E-state index contributed by atoms with van der Waals surface area (Å²) >= 11 is 0. The van der Waals surface area contributed by atoms with Crippen LogP contribution < -0.4 is 19.7 Å². The van der Waals surface area contributed by atoms with Crippen molar-refractivity contribution in [2.45, 2.75) is 32.7 Å². The zero-order valence-electron chi connectivity index (χ0n) is 20.5. The minimum atomic E-state index is -0.207. The fourth-order valence-corrected chi connectivity index (χ4v) is 4.10. The summed E-state index contributed by atoms with van der Waals surface area (Å²) < 4.78 is 11.3. The van der Waals surface area contributed by atoms with E-state index >= 15 is 0 Å². The number of benzene rings is 3. The van der Waals surface area contributed by atoms with Gasteiger partial charge in [0.05, 0.1) is 11.7 Å². The van der Waals surface area contributed by atoms with Gasteiger partial charge in [-0.25, -0.2) is 0 Å². The van der Waals surface area contributed by atoms with E-state index in [4.69, 9.17) is 9.47 Å². The third-order valence-electron chi connectivity index (χ3n) is 6.14. The number of ketones is 1. The van der Waals surface area contributed by atoms with Crippen LogP contribution in [0.2, 0.25) is 0 Å². The molecule has 1 aliphatic heterocycles. The molecule has 36 heavy (non-hydrogen) atoms. The molecule has 0 spiro atoms. The van der Waals surface area contributed by atoms with E-state index in [1.165, 1.54) is 0 Å². The van der Waals surface area contributed by atoms with Crippen LogP contribution in [0.5, 0.6) is 11.5 Å². The van der Waals surface area contributed by atoms with Crippen LogP contribution in [0.1, 0.15) is 47.3 Å². The van der Waals surface area contributed by atoms with Crippen molar-refractivity contribution in [2.75, 3.05) is 24.7 Å². The van der Waals surface area contributed by atoms with Gasteiger partial charge in [-0.1, -0.05) is 48.5 Å². The lowest BCUT2D eigenvalue weighted by Gasteiger charge is -2.29. The number of anilines is 1. The molecule has 1 heterocycles. The lowest BCUT2D eigenvalue weighted by molar-refractivity contribution is -0.123. The third-order valence-corrected chi connectivity index (χ3v) is 6.14. The van der Waals surface area contributed by atoms with Gasteiger partial charge in [0.2, 0.25) is 5.91 Å². The Bertz CT molecular complexity index is 1240. The molecule has 2 amide bonds. The van der Waals surface area contributed by atoms with Crippen molar-refractivity contribution in [1.29, 1.82) is 0 Å². The smallest absolute Gasteiger partial charge is 0.265 e. The van der Waals surface area contributed by atoms with Gasteiger partial charge in [-0.15, -0.1) is 0 Å². The number of nitrogens with one attached hydrogen (secondary N) is 1. The number of amides is 2. The van der Waals surface area contributed by atoms with E-state index in [9.17, 15) is 14.4 Å². The molecule has 1 unspecified atom stereocenters. The first-order chi connectivity index (χ1) is 17.4. The lowest BCUT2D eigenvalue weighted by Crippen LogP contribution is -2.40. The SMILES string of the molecule is Cc1ccccc1OCC(=O)c1ccc2c(c1)N(CCCC(=O)NC(C)c1ccccc1)C(=O)CO2. The van der Waals surface area contributed by atoms with Gasteiger partial charge in [0.25, 0.3) is 5.91 Å². The van der Waals surface area contributed by atoms with E-state index in [1.807, 2.05) is 68.4 Å². The van der Waals surface area contributed by atoms with Gasteiger partial charge in [0.15, 0.2) is 19.0 Å². The summed E-state index contributed by atoms with van der Waals surface area (Å²) in [7, 11) is 0. The Morgan fingerprint density at radius 1 is 1.06 bits per heavy atom. The van der Waals surface area contributed by atoms with Crippen LogP contribution in [0.3, 0.4) is 0 Å². The zero-order valence-corrected chi connectivity index (χ0v) is 20.5. The average molecular weight is 487 g/mol. The van der Waals surface area contributed by atoms with Crippen molar-refractivity contribution in [3.63, 3.8) is 0 Å². The fraction of sp³-hybridized carbons (Fsp3) is 0.276. The molecule has 186 valence electrons. The number of hydrogen-bond donors (Lipinski definition) is 1. The molecule has 4 rings (SSSR count). The van der Waals surface area contributed by atoms with Crippen LogP contribution in [0.4, 0.5) is 5.69 Å².